The largest absolute Gasteiger partial charge is 0.494 e. The van der Waals surface area contributed by atoms with Crippen LogP contribution >= 0.6 is 11.6 Å². The first-order valence-electron chi connectivity index (χ1n) is 8.41. The molecule has 0 radical (unpaired) electrons. The Morgan fingerprint density at radius 2 is 1.35 bits per heavy atom. The van der Waals surface area contributed by atoms with E-state index in [4.69, 9.17) is 16.3 Å². The molecule has 0 bridgehead atoms. The maximum absolute atomic E-state index is 5.93. The van der Waals surface area contributed by atoms with Crippen LogP contribution in [0.3, 0.4) is 0 Å². The number of halogens is 2. The van der Waals surface area contributed by atoms with Gasteiger partial charge in [0.2, 0.25) is 0 Å². The van der Waals surface area contributed by atoms with Crippen LogP contribution in [0.1, 0.15) is 45.4 Å². The molecule has 3 heteroatoms. The number of hydrogen-bond acceptors (Lipinski definition) is 1. The van der Waals surface area contributed by atoms with Gasteiger partial charge in [-0.2, -0.15) is 0 Å². The second-order valence-electron chi connectivity index (χ2n) is 5.60. The molecule has 1 nitrogen and oxygen atoms in total. The van der Waals surface area contributed by atoms with Crippen LogP contribution in [-0.4, -0.2) is 6.61 Å². The summed E-state index contributed by atoms with van der Waals surface area (Å²) in [6.07, 6.45) is 7.80. The summed E-state index contributed by atoms with van der Waals surface area (Å²) >= 11 is 5.79. The highest BCUT2D eigenvalue weighted by Gasteiger charge is 2.15. The molecule has 0 saturated carbocycles. The summed E-state index contributed by atoms with van der Waals surface area (Å²) in [5, 5.41) is 0.802. The predicted molar refractivity (Wildman–Crippen MR) is 94.2 cm³/mol. The summed E-state index contributed by atoms with van der Waals surface area (Å²) in [5.74, 6) is 0.988. The first kappa shape index (κ1) is 18.6. The van der Waals surface area contributed by atoms with E-state index in [0.29, 0.717) is 0 Å². The number of unbranched alkanes of at least 4 members (excludes halogenated alkanes) is 5. The smallest absolute Gasteiger partial charge is 0.357 e. The van der Waals surface area contributed by atoms with E-state index in [9.17, 15) is 0 Å². The molecule has 0 aliphatic heterocycles. The van der Waals surface area contributed by atoms with E-state index in [1.165, 1.54) is 39.2 Å². The molecular formula is C20H25ClIO+. The zero-order valence-electron chi connectivity index (χ0n) is 13.7. The summed E-state index contributed by atoms with van der Waals surface area (Å²) in [7, 11) is 0. The Labute approximate surface area is 155 Å². The van der Waals surface area contributed by atoms with Gasteiger partial charge in [0.1, 0.15) is 5.75 Å². The van der Waals surface area contributed by atoms with Gasteiger partial charge in [0.05, 0.1) is 6.61 Å². The lowest BCUT2D eigenvalue weighted by Gasteiger charge is -2.05. The Kier molecular flexibility index (Phi) is 8.83. The van der Waals surface area contributed by atoms with Crippen molar-refractivity contribution in [3.8, 4) is 5.75 Å². The van der Waals surface area contributed by atoms with Crippen molar-refractivity contribution in [2.45, 2.75) is 45.4 Å². The van der Waals surface area contributed by atoms with Crippen molar-refractivity contribution in [1.29, 1.82) is 0 Å². The summed E-state index contributed by atoms with van der Waals surface area (Å²) in [4.78, 5) is 0. The van der Waals surface area contributed by atoms with Gasteiger partial charge in [-0.3, -0.25) is 0 Å². The molecule has 0 aromatic heterocycles. The molecule has 23 heavy (non-hydrogen) atoms. The third-order valence-electron chi connectivity index (χ3n) is 3.60. The Hall–Kier alpha value is -0.740. The van der Waals surface area contributed by atoms with Crippen molar-refractivity contribution in [3.63, 3.8) is 0 Å². The van der Waals surface area contributed by atoms with Gasteiger partial charge >= 0.3 is 21.2 Å². The van der Waals surface area contributed by atoms with Crippen molar-refractivity contribution < 1.29 is 25.9 Å². The number of hydrogen-bond donors (Lipinski definition) is 0. The standard InChI is InChI=1S/C20H25ClIO/c1-2-3-4-5-6-7-16-23-20-14-12-19(13-15-20)22-18-10-8-17(21)9-11-18/h8-15H,2-7,16H2,1H3/q+1. The monoisotopic (exact) mass is 443 g/mol. The van der Waals surface area contributed by atoms with Gasteiger partial charge in [-0.25, -0.2) is 0 Å². The highest BCUT2D eigenvalue weighted by molar-refractivity contribution is 6.30. The van der Waals surface area contributed by atoms with E-state index in [0.717, 1.165) is 23.8 Å². The molecule has 0 spiro atoms. The lowest BCUT2D eigenvalue weighted by atomic mass is 10.1. The minimum Gasteiger partial charge on any atom is -0.494 e. The van der Waals surface area contributed by atoms with E-state index in [1.54, 1.807) is 0 Å². The Morgan fingerprint density at radius 1 is 0.783 bits per heavy atom. The average molecular weight is 444 g/mol. The molecule has 2 aromatic rings. The van der Waals surface area contributed by atoms with Crippen LogP contribution in [0, 0.1) is 7.14 Å². The summed E-state index contributed by atoms with van der Waals surface area (Å²) in [5.41, 5.74) is 0. The third kappa shape index (κ3) is 7.58. The maximum Gasteiger partial charge on any atom is 0.357 e. The third-order valence-corrected chi connectivity index (χ3v) is 6.54. The fourth-order valence-corrected chi connectivity index (χ4v) is 4.57. The molecule has 0 unspecified atom stereocenters. The van der Waals surface area contributed by atoms with Gasteiger partial charge in [-0.1, -0.05) is 50.6 Å². The van der Waals surface area contributed by atoms with E-state index in [2.05, 4.69) is 43.3 Å². The van der Waals surface area contributed by atoms with Crippen LogP contribution in [0.4, 0.5) is 0 Å². The Bertz CT molecular complexity index is 551. The SMILES string of the molecule is CCCCCCCCOc1ccc([I+]c2ccc(Cl)cc2)cc1. The maximum atomic E-state index is 5.93. The number of rotatable bonds is 10. The molecule has 2 rings (SSSR count). The van der Waals surface area contributed by atoms with E-state index in [-0.39, 0.29) is 21.2 Å². The van der Waals surface area contributed by atoms with Crippen LogP contribution in [0.15, 0.2) is 48.5 Å². The van der Waals surface area contributed by atoms with Gasteiger partial charge in [0, 0.05) is 5.02 Å². The van der Waals surface area contributed by atoms with Gasteiger partial charge in [-0.15, -0.1) is 0 Å². The van der Waals surface area contributed by atoms with Crippen LogP contribution in [0.2, 0.25) is 5.02 Å². The normalized spacial score (nSPS) is 10.7. The van der Waals surface area contributed by atoms with E-state index >= 15 is 0 Å². The zero-order chi connectivity index (χ0) is 16.3. The molecule has 0 amide bonds. The molecular weight excluding hydrogens is 419 g/mol. The predicted octanol–water partition coefficient (Wildman–Crippen LogP) is 3.21. The molecule has 0 aliphatic carbocycles. The fourth-order valence-electron chi connectivity index (χ4n) is 2.28. The molecule has 124 valence electrons. The van der Waals surface area contributed by atoms with Crippen molar-refractivity contribution in [3.05, 3.63) is 60.7 Å². The minimum absolute atomic E-state index is 0.137. The average Bonchev–Trinajstić information content (AvgIpc) is 2.58. The number of benzene rings is 2. The Morgan fingerprint density at radius 3 is 2.00 bits per heavy atom. The van der Waals surface area contributed by atoms with Crippen molar-refractivity contribution in [2.24, 2.45) is 0 Å². The summed E-state index contributed by atoms with van der Waals surface area (Å²) in [6.45, 7) is 3.08. The topological polar surface area (TPSA) is 9.23 Å². The van der Waals surface area contributed by atoms with Gasteiger partial charge in [0.15, 0.2) is 7.14 Å². The van der Waals surface area contributed by atoms with Crippen molar-refractivity contribution >= 4 is 11.6 Å². The molecule has 0 aliphatic rings. The summed E-state index contributed by atoms with van der Waals surface area (Å²) < 4.78 is 8.61. The molecule has 0 heterocycles. The highest BCUT2D eigenvalue weighted by atomic mass is 127. The van der Waals surface area contributed by atoms with Crippen LogP contribution in [0.5, 0.6) is 5.75 Å². The highest BCUT2D eigenvalue weighted by Crippen LogP contribution is 2.10. The van der Waals surface area contributed by atoms with Crippen LogP contribution in [-0.2, 0) is 0 Å². The Balaban J connectivity index is 1.69. The molecule has 2 aromatic carbocycles. The first-order chi connectivity index (χ1) is 11.3. The van der Waals surface area contributed by atoms with E-state index < -0.39 is 0 Å². The van der Waals surface area contributed by atoms with Crippen LogP contribution in [0.25, 0.3) is 0 Å². The molecule has 0 fully saturated rings. The first-order valence-corrected chi connectivity index (χ1v) is 10.9. The van der Waals surface area contributed by atoms with Gasteiger partial charge < -0.3 is 4.74 Å². The number of ether oxygens (including phenoxy) is 1. The second-order valence-corrected chi connectivity index (χ2v) is 9.07. The molecule has 0 saturated heterocycles. The fraction of sp³-hybridized carbons (Fsp3) is 0.400. The molecule has 0 atom stereocenters. The van der Waals surface area contributed by atoms with Gasteiger partial charge in [0.25, 0.3) is 0 Å². The van der Waals surface area contributed by atoms with E-state index in [1.807, 2.05) is 12.1 Å². The lowest BCUT2D eigenvalue weighted by molar-refractivity contribution is -0.597. The van der Waals surface area contributed by atoms with Crippen molar-refractivity contribution in [1.82, 2.24) is 0 Å². The quantitative estimate of drug-likeness (QED) is 0.405. The minimum atomic E-state index is -0.137. The second kappa shape index (κ2) is 10.9. The lowest BCUT2D eigenvalue weighted by Crippen LogP contribution is -3.61. The van der Waals surface area contributed by atoms with Crippen LogP contribution < -0.4 is 25.9 Å². The molecule has 0 N–H and O–H groups in total. The zero-order valence-corrected chi connectivity index (χ0v) is 16.6. The summed E-state index contributed by atoms with van der Waals surface area (Å²) in [6, 6.07) is 16.8. The van der Waals surface area contributed by atoms with Crippen molar-refractivity contribution in [2.75, 3.05) is 6.61 Å². The van der Waals surface area contributed by atoms with Gasteiger partial charge in [-0.05, 0) is 55.0 Å².